The molecule has 0 spiro atoms. The van der Waals surface area contributed by atoms with Crippen LogP contribution < -0.4 is 5.32 Å². The number of ether oxygens (including phenoxy) is 1. The van der Waals surface area contributed by atoms with Crippen LogP contribution in [0.4, 0.5) is 5.82 Å². The number of rotatable bonds is 5. The van der Waals surface area contributed by atoms with Gasteiger partial charge in [0.15, 0.2) is 0 Å². The molecular formula is C18H23N3O2. The molecule has 0 unspecified atom stereocenters. The molecule has 1 aromatic carbocycles. The first kappa shape index (κ1) is 15.7. The van der Waals surface area contributed by atoms with Crippen molar-refractivity contribution in [2.24, 2.45) is 0 Å². The predicted octanol–water partition coefficient (Wildman–Crippen LogP) is 2.67. The normalized spacial score (nSPS) is 15.8. The maximum atomic E-state index is 12.0. The molecule has 1 saturated heterocycles. The predicted molar refractivity (Wildman–Crippen MR) is 91.5 cm³/mol. The lowest BCUT2D eigenvalue weighted by Gasteiger charge is -2.32. The SMILES string of the molecule is COCCC(=O)N1CCC(Nc2ccc3ccccc3n2)CC1. The Kier molecular flexibility index (Phi) is 5.08. The van der Waals surface area contributed by atoms with Gasteiger partial charge in [0, 0.05) is 31.6 Å². The van der Waals surface area contributed by atoms with Crippen LogP contribution in [0, 0.1) is 0 Å². The fraction of sp³-hybridized carbons (Fsp3) is 0.444. The average Bonchev–Trinajstić information content (AvgIpc) is 2.60. The second-order valence-corrected chi connectivity index (χ2v) is 5.93. The summed E-state index contributed by atoms with van der Waals surface area (Å²) in [5, 5.41) is 4.65. The van der Waals surface area contributed by atoms with Gasteiger partial charge < -0.3 is 15.0 Å². The van der Waals surface area contributed by atoms with Crippen molar-refractivity contribution in [2.75, 3.05) is 32.1 Å². The fourth-order valence-electron chi connectivity index (χ4n) is 2.98. The summed E-state index contributed by atoms with van der Waals surface area (Å²) in [6, 6.07) is 12.6. The number of piperidine rings is 1. The number of fused-ring (bicyclic) bond motifs is 1. The van der Waals surface area contributed by atoms with Crippen LogP contribution in [0.3, 0.4) is 0 Å². The van der Waals surface area contributed by atoms with E-state index >= 15 is 0 Å². The van der Waals surface area contributed by atoms with E-state index in [9.17, 15) is 4.79 Å². The monoisotopic (exact) mass is 313 g/mol. The molecule has 1 amide bonds. The van der Waals surface area contributed by atoms with E-state index in [2.05, 4.69) is 22.4 Å². The molecule has 0 saturated carbocycles. The van der Waals surface area contributed by atoms with Gasteiger partial charge in [-0.25, -0.2) is 4.98 Å². The number of carbonyl (C=O) groups is 1. The highest BCUT2D eigenvalue weighted by Crippen LogP contribution is 2.19. The Labute approximate surface area is 136 Å². The number of hydrogen-bond donors (Lipinski definition) is 1. The van der Waals surface area contributed by atoms with E-state index in [4.69, 9.17) is 4.74 Å². The maximum absolute atomic E-state index is 12.0. The Bertz CT molecular complexity index is 666. The van der Waals surface area contributed by atoms with Gasteiger partial charge >= 0.3 is 0 Å². The minimum Gasteiger partial charge on any atom is -0.384 e. The zero-order valence-electron chi connectivity index (χ0n) is 13.5. The smallest absolute Gasteiger partial charge is 0.224 e. The molecule has 3 rings (SSSR count). The van der Waals surface area contributed by atoms with Crippen molar-refractivity contribution in [2.45, 2.75) is 25.3 Å². The summed E-state index contributed by atoms with van der Waals surface area (Å²) in [6.45, 7) is 2.10. The summed E-state index contributed by atoms with van der Waals surface area (Å²) in [4.78, 5) is 18.6. The van der Waals surface area contributed by atoms with Gasteiger partial charge in [-0.05, 0) is 31.0 Å². The van der Waals surface area contributed by atoms with E-state index in [0.29, 0.717) is 19.1 Å². The second-order valence-electron chi connectivity index (χ2n) is 5.93. The number of hydrogen-bond acceptors (Lipinski definition) is 4. The number of pyridine rings is 1. The Balaban J connectivity index is 1.54. The molecular weight excluding hydrogens is 290 g/mol. The molecule has 1 aromatic heterocycles. The van der Waals surface area contributed by atoms with Gasteiger partial charge in [-0.2, -0.15) is 0 Å². The quantitative estimate of drug-likeness (QED) is 0.922. The standard InChI is InChI=1S/C18H23N3O2/c1-23-13-10-18(22)21-11-8-15(9-12-21)19-17-7-6-14-4-2-3-5-16(14)20-17/h2-7,15H,8-13H2,1H3,(H,19,20). The van der Waals surface area contributed by atoms with Crippen LogP contribution in [-0.4, -0.2) is 48.6 Å². The zero-order valence-corrected chi connectivity index (χ0v) is 13.5. The molecule has 5 heteroatoms. The van der Waals surface area contributed by atoms with Crippen LogP contribution >= 0.6 is 0 Å². The number of amides is 1. The van der Waals surface area contributed by atoms with E-state index < -0.39 is 0 Å². The number of aromatic nitrogens is 1. The van der Waals surface area contributed by atoms with E-state index in [1.54, 1.807) is 7.11 Å². The largest absolute Gasteiger partial charge is 0.384 e. The highest BCUT2D eigenvalue weighted by molar-refractivity contribution is 5.80. The first-order chi connectivity index (χ1) is 11.3. The van der Waals surface area contributed by atoms with E-state index in [1.165, 1.54) is 0 Å². The van der Waals surface area contributed by atoms with Crippen molar-refractivity contribution < 1.29 is 9.53 Å². The summed E-state index contributed by atoms with van der Waals surface area (Å²) in [6.07, 6.45) is 2.38. The number of nitrogens with zero attached hydrogens (tertiary/aromatic N) is 2. The lowest BCUT2D eigenvalue weighted by atomic mass is 10.0. The van der Waals surface area contributed by atoms with E-state index in [-0.39, 0.29) is 5.91 Å². The molecule has 1 fully saturated rings. The van der Waals surface area contributed by atoms with Crippen molar-refractivity contribution in [3.8, 4) is 0 Å². The number of carbonyl (C=O) groups excluding carboxylic acids is 1. The van der Waals surface area contributed by atoms with Crippen molar-refractivity contribution >= 4 is 22.6 Å². The molecule has 0 radical (unpaired) electrons. The van der Waals surface area contributed by atoms with Crippen LogP contribution in [0.1, 0.15) is 19.3 Å². The van der Waals surface area contributed by atoms with Gasteiger partial charge in [-0.15, -0.1) is 0 Å². The third-order valence-electron chi connectivity index (χ3n) is 4.32. The average molecular weight is 313 g/mol. The second kappa shape index (κ2) is 7.42. The van der Waals surface area contributed by atoms with Gasteiger partial charge in [0.2, 0.25) is 5.91 Å². The van der Waals surface area contributed by atoms with E-state index in [0.717, 1.165) is 42.7 Å². The molecule has 0 atom stereocenters. The molecule has 1 aliphatic rings. The van der Waals surface area contributed by atoms with Crippen LogP contribution in [0.5, 0.6) is 0 Å². The van der Waals surface area contributed by atoms with Gasteiger partial charge in [0.1, 0.15) is 5.82 Å². The number of nitrogens with one attached hydrogen (secondary N) is 1. The van der Waals surface area contributed by atoms with Crippen LogP contribution in [0.2, 0.25) is 0 Å². The number of methoxy groups -OCH3 is 1. The van der Waals surface area contributed by atoms with Crippen LogP contribution in [0.25, 0.3) is 10.9 Å². The Morgan fingerprint density at radius 1 is 1.26 bits per heavy atom. The molecule has 1 aliphatic heterocycles. The minimum absolute atomic E-state index is 0.189. The molecule has 0 aliphatic carbocycles. The Hall–Kier alpha value is -2.14. The zero-order chi connectivity index (χ0) is 16.1. The lowest BCUT2D eigenvalue weighted by Crippen LogP contribution is -2.42. The molecule has 122 valence electrons. The van der Waals surface area contributed by atoms with Crippen molar-refractivity contribution in [3.05, 3.63) is 36.4 Å². The summed E-state index contributed by atoms with van der Waals surface area (Å²) in [5.74, 6) is 1.10. The third kappa shape index (κ3) is 3.99. The molecule has 5 nitrogen and oxygen atoms in total. The van der Waals surface area contributed by atoms with Gasteiger partial charge in [-0.1, -0.05) is 18.2 Å². The minimum atomic E-state index is 0.189. The topological polar surface area (TPSA) is 54.5 Å². The molecule has 2 aromatic rings. The van der Waals surface area contributed by atoms with Crippen LogP contribution in [-0.2, 0) is 9.53 Å². The number of benzene rings is 1. The number of likely N-dealkylation sites (tertiary alicyclic amines) is 1. The van der Waals surface area contributed by atoms with E-state index in [1.807, 2.05) is 29.2 Å². The molecule has 2 heterocycles. The first-order valence-electron chi connectivity index (χ1n) is 8.15. The Morgan fingerprint density at radius 3 is 2.83 bits per heavy atom. The van der Waals surface area contributed by atoms with Crippen molar-refractivity contribution in [1.29, 1.82) is 0 Å². The van der Waals surface area contributed by atoms with Crippen molar-refractivity contribution in [1.82, 2.24) is 9.88 Å². The molecule has 23 heavy (non-hydrogen) atoms. The summed E-state index contributed by atoms with van der Waals surface area (Å²) < 4.78 is 4.97. The first-order valence-corrected chi connectivity index (χ1v) is 8.15. The number of anilines is 1. The summed E-state index contributed by atoms with van der Waals surface area (Å²) in [5.41, 5.74) is 1.00. The molecule has 1 N–H and O–H groups in total. The van der Waals surface area contributed by atoms with Crippen molar-refractivity contribution in [3.63, 3.8) is 0 Å². The summed E-state index contributed by atoms with van der Waals surface area (Å²) in [7, 11) is 1.62. The fourth-order valence-corrected chi connectivity index (χ4v) is 2.98. The highest BCUT2D eigenvalue weighted by atomic mass is 16.5. The summed E-state index contributed by atoms with van der Waals surface area (Å²) >= 11 is 0. The maximum Gasteiger partial charge on any atom is 0.224 e. The van der Waals surface area contributed by atoms with Gasteiger partial charge in [-0.3, -0.25) is 4.79 Å². The lowest BCUT2D eigenvalue weighted by molar-refractivity contribution is -0.133. The van der Waals surface area contributed by atoms with Crippen LogP contribution in [0.15, 0.2) is 36.4 Å². The van der Waals surface area contributed by atoms with Gasteiger partial charge in [0.25, 0.3) is 0 Å². The highest BCUT2D eigenvalue weighted by Gasteiger charge is 2.22. The number of para-hydroxylation sites is 1. The van der Waals surface area contributed by atoms with Gasteiger partial charge in [0.05, 0.1) is 18.5 Å². The molecule has 0 bridgehead atoms. The Morgan fingerprint density at radius 2 is 2.04 bits per heavy atom. The third-order valence-corrected chi connectivity index (χ3v) is 4.32.